The number of halogens is 2. The number of likely N-dealkylation sites (N-methyl/N-ethyl adjacent to an activating group) is 1. The standard InChI is InChI=1S/C31H38F2N8O2/c1-20(32)30(42)41-15-14-40(17-21(41)9-11-34)29-25-10-13-39(28-24-8-4-3-7-23(24)26(33)16-35-28)18-27(25)36-31(37-29)43-19-22-6-5-12-38(22)2/h16,21-22H,1,3-10,12-15,17-19H2,2H3/t21-,22-/m0/s1. The lowest BCUT2D eigenvalue weighted by Gasteiger charge is -2.42. The zero-order valence-corrected chi connectivity index (χ0v) is 24.7. The lowest BCUT2D eigenvalue weighted by atomic mass is 9.91. The van der Waals surface area contributed by atoms with Crippen LogP contribution in [-0.4, -0.2) is 89.1 Å². The molecule has 2 fully saturated rings. The number of ether oxygens (including phenoxy) is 1. The Hall–Kier alpha value is -3.85. The summed E-state index contributed by atoms with van der Waals surface area (Å²) in [6.45, 7) is 6.82. The van der Waals surface area contributed by atoms with Crippen LogP contribution in [0.25, 0.3) is 0 Å². The topological polar surface area (TPSA) is 102 Å². The molecule has 12 heteroatoms. The average Bonchev–Trinajstić information content (AvgIpc) is 3.43. The molecule has 0 bridgehead atoms. The largest absolute Gasteiger partial charge is 0.462 e. The summed E-state index contributed by atoms with van der Waals surface area (Å²) in [6.07, 6.45) is 7.77. The zero-order valence-electron chi connectivity index (χ0n) is 24.7. The minimum atomic E-state index is -1.03. The Labute approximate surface area is 251 Å². The maximum atomic E-state index is 14.6. The third-order valence-electron chi connectivity index (χ3n) is 9.33. The van der Waals surface area contributed by atoms with Gasteiger partial charge in [0.1, 0.15) is 24.1 Å². The SMILES string of the molecule is C=C(F)C(=O)N1CCN(c2nc(OC[C@@H]3CCCN3C)nc3c2CCN(c2ncc(F)c4c2CCCC4)C3)C[C@@H]1CC#N. The van der Waals surface area contributed by atoms with Crippen molar-refractivity contribution in [2.24, 2.45) is 0 Å². The normalized spacial score (nSPS) is 22.1. The number of fused-ring (bicyclic) bond motifs is 2. The monoisotopic (exact) mass is 592 g/mol. The van der Waals surface area contributed by atoms with Crippen molar-refractivity contribution in [2.75, 3.05) is 56.2 Å². The van der Waals surface area contributed by atoms with E-state index in [0.29, 0.717) is 39.2 Å². The van der Waals surface area contributed by atoms with Gasteiger partial charge in [-0.1, -0.05) is 6.58 Å². The lowest BCUT2D eigenvalue weighted by Crippen LogP contribution is -2.55. The Morgan fingerprint density at radius 3 is 2.60 bits per heavy atom. The fourth-order valence-electron chi connectivity index (χ4n) is 6.97. The molecule has 3 aliphatic heterocycles. The number of hydrogen-bond acceptors (Lipinski definition) is 9. The van der Waals surface area contributed by atoms with Gasteiger partial charge in [-0.05, 0) is 64.1 Å². The third kappa shape index (κ3) is 5.87. The van der Waals surface area contributed by atoms with Gasteiger partial charge in [-0.3, -0.25) is 4.79 Å². The van der Waals surface area contributed by atoms with Gasteiger partial charge < -0.3 is 24.3 Å². The highest BCUT2D eigenvalue weighted by Crippen LogP contribution is 2.36. The summed E-state index contributed by atoms with van der Waals surface area (Å²) < 4.78 is 34.6. The van der Waals surface area contributed by atoms with Gasteiger partial charge >= 0.3 is 6.01 Å². The Kier molecular flexibility index (Phi) is 8.43. The molecule has 2 atom stereocenters. The maximum absolute atomic E-state index is 14.6. The molecule has 1 amide bonds. The van der Waals surface area contributed by atoms with Crippen molar-refractivity contribution >= 4 is 17.5 Å². The van der Waals surface area contributed by atoms with Crippen LogP contribution in [0.1, 0.15) is 54.5 Å². The molecule has 0 radical (unpaired) electrons. The molecule has 6 rings (SSSR count). The van der Waals surface area contributed by atoms with Crippen LogP contribution in [0.2, 0.25) is 0 Å². The number of hydrogen-bond donors (Lipinski definition) is 0. The van der Waals surface area contributed by atoms with Crippen LogP contribution in [0, 0.1) is 17.1 Å². The van der Waals surface area contributed by atoms with Gasteiger partial charge in [0.15, 0.2) is 5.83 Å². The van der Waals surface area contributed by atoms with Crippen molar-refractivity contribution in [3.05, 3.63) is 46.8 Å². The summed E-state index contributed by atoms with van der Waals surface area (Å²) >= 11 is 0. The first kappa shape index (κ1) is 29.2. The smallest absolute Gasteiger partial charge is 0.318 e. The number of nitriles is 1. The summed E-state index contributed by atoms with van der Waals surface area (Å²) in [5.74, 6) is -0.485. The van der Waals surface area contributed by atoms with Gasteiger partial charge in [0, 0.05) is 43.3 Å². The number of carbonyl (C=O) groups is 1. The van der Waals surface area contributed by atoms with Gasteiger partial charge in [0.25, 0.3) is 5.91 Å². The first-order valence-electron chi connectivity index (χ1n) is 15.2. The molecular formula is C31H38F2N8O2. The zero-order chi connectivity index (χ0) is 30.1. The molecule has 10 nitrogen and oxygen atoms in total. The van der Waals surface area contributed by atoms with E-state index in [1.807, 2.05) is 0 Å². The number of aromatic nitrogens is 3. The molecule has 1 aliphatic carbocycles. The van der Waals surface area contributed by atoms with Crippen LogP contribution in [0.3, 0.4) is 0 Å². The molecule has 2 aromatic rings. The summed E-state index contributed by atoms with van der Waals surface area (Å²) in [5, 5.41) is 9.48. The summed E-state index contributed by atoms with van der Waals surface area (Å²) in [7, 11) is 2.09. The average molecular weight is 593 g/mol. The quantitative estimate of drug-likeness (QED) is 0.448. The second-order valence-electron chi connectivity index (χ2n) is 12.0. The van der Waals surface area contributed by atoms with E-state index >= 15 is 0 Å². The van der Waals surface area contributed by atoms with Crippen LogP contribution in [0.5, 0.6) is 6.01 Å². The molecule has 0 N–H and O–H groups in total. The van der Waals surface area contributed by atoms with E-state index in [0.717, 1.165) is 79.1 Å². The number of amides is 1. The van der Waals surface area contributed by atoms with E-state index in [1.54, 1.807) is 0 Å². The first-order chi connectivity index (χ1) is 20.8. The number of carbonyl (C=O) groups excluding carboxylic acids is 1. The van der Waals surface area contributed by atoms with Crippen LogP contribution in [0.15, 0.2) is 18.6 Å². The van der Waals surface area contributed by atoms with Crippen molar-refractivity contribution in [1.82, 2.24) is 24.8 Å². The fourth-order valence-corrected chi connectivity index (χ4v) is 6.97. The van der Waals surface area contributed by atoms with E-state index in [-0.39, 0.29) is 30.8 Å². The molecule has 0 unspecified atom stereocenters. The number of piperazine rings is 1. The van der Waals surface area contributed by atoms with Gasteiger partial charge in [0.2, 0.25) is 0 Å². The van der Waals surface area contributed by atoms with Gasteiger partial charge in [-0.15, -0.1) is 0 Å². The predicted octanol–water partition coefficient (Wildman–Crippen LogP) is 3.34. The van der Waals surface area contributed by atoms with Crippen molar-refractivity contribution in [3.8, 4) is 12.1 Å². The van der Waals surface area contributed by atoms with Crippen LogP contribution >= 0.6 is 0 Å². The second kappa shape index (κ2) is 12.4. The fraction of sp³-hybridized carbons (Fsp3) is 0.581. The molecule has 0 spiro atoms. The Bertz CT molecular complexity index is 1450. The Morgan fingerprint density at radius 2 is 1.86 bits per heavy atom. The Balaban J connectivity index is 1.32. The summed E-state index contributed by atoms with van der Waals surface area (Å²) in [4.78, 5) is 34.7. The van der Waals surface area contributed by atoms with Crippen LogP contribution in [-0.2, 0) is 30.6 Å². The van der Waals surface area contributed by atoms with E-state index in [2.05, 4.69) is 39.4 Å². The highest BCUT2D eigenvalue weighted by Gasteiger charge is 2.35. The number of anilines is 2. The van der Waals surface area contributed by atoms with E-state index < -0.39 is 17.8 Å². The number of nitrogens with zero attached hydrogens (tertiary/aromatic N) is 8. The van der Waals surface area contributed by atoms with Gasteiger partial charge in [-0.2, -0.15) is 15.2 Å². The van der Waals surface area contributed by atoms with Crippen LogP contribution in [0.4, 0.5) is 20.4 Å². The predicted molar refractivity (Wildman–Crippen MR) is 157 cm³/mol. The molecule has 228 valence electrons. The van der Waals surface area contributed by atoms with Crippen molar-refractivity contribution < 1.29 is 18.3 Å². The minimum Gasteiger partial charge on any atom is -0.462 e. The molecule has 0 aromatic carbocycles. The minimum absolute atomic E-state index is 0.0648. The molecule has 5 heterocycles. The molecule has 4 aliphatic rings. The molecule has 0 saturated carbocycles. The summed E-state index contributed by atoms with van der Waals surface area (Å²) in [5.41, 5.74) is 3.60. The lowest BCUT2D eigenvalue weighted by molar-refractivity contribution is -0.131. The highest BCUT2D eigenvalue weighted by atomic mass is 19.1. The molecule has 2 aromatic heterocycles. The number of rotatable bonds is 7. The Morgan fingerprint density at radius 1 is 1.05 bits per heavy atom. The number of likely N-dealkylation sites (tertiary alicyclic amines) is 1. The highest BCUT2D eigenvalue weighted by molar-refractivity contribution is 5.91. The van der Waals surface area contributed by atoms with Crippen molar-refractivity contribution in [1.29, 1.82) is 5.26 Å². The maximum Gasteiger partial charge on any atom is 0.318 e. The van der Waals surface area contributed by atoms with Crippen molar-refractivity contribution in [3.63, 3.8) is 0 Å². The first-order valence-corrected chi connectivity index (χ1v) is 15.2. The van der Waals surface area contributed by atoms with Crippen molar-refractivity contribution in [2.45, 2.75) is 70.0 Å². The summed E-state index contributed by atoms with van der Waals surface area (Å²) in [6, 6.07) is 2.22. The van der Waals surface area contributed by atoms with Gasteiger partial charge in [-0.25, -0.2) is 13.8 Å². The number of pyridine rings is 1. The molecule has 2 saturated heterocycles. The van der Waals surface area contributed by atoms with E-state index in [1.165, 1.54) is 11.1 Å². The molecular weight excluding hydrogens is 554 g/mol. The third-order valence-corrected chi connectivity index (χ3v) is 9.33. The second-order valence-corrected chi connectivity index (χ2v) is 12.0. The van der Waals surface area contributed by atoms with Crippen LogP contribution < -0.4 is 14.5 Å². The molecule has 43 heavy (non-hydrogen) atoms. The van der Waals surface area contributed by atoms with Gasteiger partial charge in [0.05, 0.1) is 37.0 Å². The van der Waals surface area contributed by atoms with E-state index in [9.17, 15) is 18.8 Å². The van der Waals surface area contributed by atoms with E-state index in [4.69, 9.17) is 14.7 Å².